The molecule has 0 saturated carbocycles. The number of ether oxygens (including phenoxy) is 4. The van der Waals surface area contributed by atoms with Crippen molar-refractivity contribution in [2.45, 2.75) is 303 Å². The van der Waals surface area contributed by atoms with Gasteiger partial charge in [0.05, 0.1) is 32.8 Å². The number of unbranched alkanes of at least 4 members (excludes halogenated alkanes) is 22. The van der Waals surface area contributed by atoms with Crippen LogP contribution < -0.4 is 0 Å². The van der Waals surface area contributed by atoms with Gasteiger partial charge in [-0.1, -0.05) is 258 Å². The predicted octanol–water partition coefficient (Wildman–Crippen LogP) is 21.3. The van der Waals surface area contributed by atoms with Crippen molar-refractivity contribution >= 4 is 39.5 Å². The number of hydrogen-bond acceptors (Lipinski definition) is 15. The lowest BCUT2D eigenvalue weighted by molar-refractivity contribution is -0.161. The summed E-state index contributed by atoms with van der Waals surface area (Å²) in [6, 6.07) is 0. The summed E-state index contributed by atoms with van der Waals surface area (Å²) in [6.45, 7) is 4.40. The molecule has 0 aromatic heterocycles. The smallest absolute Gasteiger partial charge is 0.462 e. The Balaban J connectivity index is 5.44. The summed E-state index contributed by atoms with van der Waals surface area (Å²) in [4.78, 5) is 72.7. The van der Waals surface area contributed by atoms with Gasteiger partial charge in [0.2, 0.25) is 0 Å². The second-order valence-electron chi connectivity index (χ2n) is 24.5. The molecule has 0 rings (SSSR count). The van der Waals surface area contributed by atoms with Crippen molar-refractivity contribution < 1.29 is 80.2 Å². The highest BCUT2D eigenvalue weighted by molar-refractivity contribution is 7.47. The summed E-state index contributed by atoms with van der Waals surface area (Å²) < 4.78 is 68.3. The molecule has 17 nitrogen and oxygen atoms in total. The van der Waals surface area contributed by atoms with E-state index in [4.69, 9.17) is 37.0 Å². The Bertz CT molecular complexity index is 2380. The van der Waals surface area contributed by atoms with Crippen LogP contribution in [0.5, 0.6) is 0 Å². The first-order chi connectivity index (χ1) is 47.7. The molecule has 0 aliphatic carbocycles. The number of carbonyl (C=O) groups is 4. The fraction of sp³-hybridized carbons (Fsp3) is 0.671. The van der Waals surface area contributed by atoms with E-state index in [0.717, 1.165) is 167 Å². The molecule has 0 aliphatic rings. The molecule has 0 amide bonds. The normalized spacial score (nSPS) is 14.7. The molecule has 5 atom stereocenters. The highest BCUT2D eigenvalue weighted by Gasteiger charge is 2.30. The van der Waals surface area contributed by atoms with E-state index < -0.39 is 97.5 Å². The van der Waals surface area contributed by atoms with E-state index in [1.165, 1.54) is 38.5 Å². The first-order valence-electron chi connectivity index (χ1n) is 37.4. The van der Waals surface area contributed by atoms with Crippen LogP contribution in [0.2, 0.25) is 0 Å². The minimum Gasteiger partial charge on any atom is -0.462 e. The largest absolute Gasteiger partial charge is 0.472 e. The number of phosphoric acid groups is 2. The molecule has 19 heteroatoms. The van der Waals surface area contributed by atoms with Crippen molar-refractivity contribution in [1.29, 1.82) is 0 Å². The number of aliphatic hydroxyl groups excluding tert-OH is 1. The Hall–Kier alpha value is -4.80. The van der Waals surface area contributed by atoms with Crippen molar-refractivity contribution in [2.75, 3.05) is 39.6 Å². The topological polar surface area (TPSA) is 237 Å². The summed E-state index contributed by atoms with van der Waals surface area (Å²) in [5.41, 5.74) is 0. The lowest BCUT2D eigenvalue weighted by Crippen LogP contribution is -2.30. The van der Waals surface area contributed by atoms with E-state index in [1.54, 1.807) is 6.08 Å². The highest BCUT2D eigenvalue weighted by Crippen LogP contribution is 2.45. The number of rotatable bonds is 69. The van der Waals surface area contributed by atoms with Crippen LogP contribution in [0.3, 0.4) is 0 Å². The van der Waals surface area contributed by atoms with Gasteiger partial charge in [-0.15, -0.1) is 0 Å². The number of esters is 4. The van der Waals surface area contributed by atoms with Gasteiger partial charge in [0, 0.05) is 19.3 Å². The third-order valence-corrected chi connectivity index (χ3v) is 17.0. The van der Waals surface area contributed by atoms with Gasteiger partial charge in [-0.3, -0.25) is 37.3 Å². The Morgan fingerprint density at radius 2 is 0.592 bits per heavy atom. The van der Waals surface area contributed by atoms with Crippen molar-refractivity contribution in [2.24, 2.45) is 0 Å². The van der Waals surface area contributed by atoms with Crippen LogP contribution in [-0.2, 0) is 65.4 Å². The van der Waals surface area contributed by atoms with Crippen LogP contribution in [0.1, 0.15) is 285 Å². The van der Waals surface area contributed by atoms with E-state index in [9.17, 15) is 43.2 Å². The molecule has 0 fully saturated rings. The standard InChI is InChI=1S/C79H132O17P2/c1-5-9-13-17-21-25-29-33-36-40-43-47-51-55-59-63-76(81)89-69-74(95-78(83)65-61-57-53-49-45-39-32-28-24-20-16-12-8-4)71-93-97(85,86)91-67-73(80)68-92-98(87,88)94-72-75(96-79(84)66-62-58-54-50-46-42-38-35-31-27-23-19-15-11-7-3)70-90-77(82)64-60-56-52-48-44-41-37-34-30-26-22-18-14-10-6-2/h9-10,13-14,16,20-22,25-26,28,32-38,44,48,56,60,73-75,80H,5-8,11-12,15,17-19,23-24,27,29-31,39-43,45-47,49-55,57-59,61-72H2,1-4H3,(H,85,86)(H,87,88)/b13-9-,14-10-,20-16-,25-21-,26-22-,32-28-,36-33-,37-34-,38-35-,48-44-,60-56-. The van der Waals surface area contributed by atoms with Gasteiger partial charge >= 0.3 is 39.5 Å². The highest BCUT2D eigenvalue weighted by atomic mass is 31.2. The van der Waals surface area contributed by atoms with Crippen LogP contribution >= 0.6 is 15.6 Å². The van der Waals surface area contributed by atoms with E-state index >= 15 is 0 Å². The third-order valence-electron chi connectivity index (χ3n) is 15.1. The fourth-order valence-electron chi connectivity index (χ4n) is 9.46. The molecule has 3 N–H and O–H groups in total. The molecule has 0 aromatic rings. The van der Waals surface area contributed by atoms with Gasteiger partial charge in [0.15, 0.2) is 12.2 Å². The maximum Gasteiger partial charge on any atom is 0.472 e. The SMILES string of the molecule is CC/C=C\C/C=C\C/C=C\C/C=C\C/C=C\CC(=O)OCC(COP(=O)(O)OCC(O)COP(=O)(O)OCC(COC(=O)CCCCCCC/C=C\C/C=C\C/C=C\CC)OC(=O)CCCCCCC/C=C\C/C=C\CCC)OC(=O)CCCCCCC/C=C\CCCCCCCC. The van der Waals surface area contributed by atoms with Gasteiger partial charge in [0.1, 0.15) is 19.3 Å². The fourth-order valence-corrected chi connectivity index (χ4v) is 11.0. The minimum absolute atomic E-state index is 0.0625. The number of aliphatic hydroxyl groups is 1. The van der Waals surface area contributed by atoms with Gasteiger partial charge in [-0.05, 0) is 135 Å². The van der Waals surface area contributed by atoms with Crippen LogP contribution in [0.4, 0.5) is 0 Å². The summed E-state index contributed by atoms with van der Waals surface area (Å²) >= 11 is 0. The lowest BCUT2D eigenvalue weighted by atomic mass is 10.1. The zero-order valence-corrected chi connectivity index (χ0v) is 62.7. The summed E-state index contributed by atoms with van der Waals surface area (Å²) in [6.07, 6.45) is 77.6. The van der Waals surface area contributed by atoms with Crippen LogP contribution in [0, 0.1) is 0 Å². The summed E-state index contributed by atoms with van der Waals surface area (Å²) in [5, 5.41) is 10.6. The van der Waals surface area contributed by atoms with Crippen LogP contribution in [0.25, 0.3) is 0 Å². The Morgan fingerprint density at radius 3 is 0.959 bits per heavy atom. The predicted molar refractivity (Wildman–Crippen MR) is 399 cm³/mol. The van der Waals surface area contributed by atoms with E-state index in [-0.39, 0.29) is 25.7 Å². The number of hydrogen-bond donors (Lipinski definition) is 3. The second-order valence-corrected chi connectivity index (χ2v) is 27.4. The maximum atomic E-state index is 13.1. The minimum atomic E-state index is -5.00. The molecule has 5 unspecified atom stereocenters. The molecule has 560 valence electrons. The van der Waals surface area contributed by atoms with Gasteiger partial charge in [-0.2, -0.15) is 0 Å². The van der Waals surface area contributed by atoms with Crippen LogP contribution in [-0.4, -0.2) is 96.7 Å². The molecule has 0 radical (unpaired) electrons. The average Bonchev–Trinajstić information content (AvgIpc) is 1.04. The van der Waals surface area contributed by atoms with Crippen LogP contribution in [0.15, 0.2) is 134 Å². The van der Waals surface area contributed by atoms with Crippen molar-refractivity contribution in [1.82, 2.24) is 0 Å². The molecule has 98 heavy (non-hydrogen) atoms. The van der Waals surface area contributed by atoms with Crippen molar-refractivity contribution in [3.8, 4) is 0 Å². The number of allylic oxidation sites excluding steroid dienone is 21. The summed E-state index contributed by atoms with van der Waals surface area (Å²) in [7, 11) is -9.99. The van der Waals surface area contributed by atoms with Crippen molar-refractivity contribution in [3.05, 3.63) is 134 Å². The molecule has 0 spiro atoms. The summed E-state index contributed by atoms with van der Waals surface area (Å²) in [5.74, 6) is -2.37. The van der Waals surface area contributed by atoms with E-state index in [1.807, 2.05) is 18.2 Å². The Morgan fingerprint density at radius 1 is 0.306 bits per heavy atom. The monoisotopic (exact) mass is 1410 g/mol. The molecular weight excluding hydrogens is 1280 g/mol. The zero-order chi connectivity index (χ0) is 71.8. The van der Waals surface area contributed by atoms with Gasteiger partial charge in [-0.25, -0.2) is 9.13 Å². The second kappa shape index (κ2) is 70.6. The zero-order valence-electron chi connectivity index (χ0n) is 60.9. The number of carbonyl (C=O) groups excluding carboxylic acids is 4. The van der Waals surface area contributed by atoms with Gasteiger partial charge < -0.3 is 33.8 Å². The first-order valence-corrected chi connectivity index (χ1v) is 40.4. The molecule has 0 saturated heterocycles. The molecule has 0 aromatic carbocycles. The molecule has 0 bridgehead atoms. The first kappa shape index (κ1) is 93.2. The lowest BCUT2D eigenvalue weighted by Gasteiger charge is -2.21. The van der Waals surface area contributed by atoms with E-state index in [0.29, 0.717) is 25.7 Å². The molecule has 0 aliphatic heterocycles. The van der Waals surface area contributed by atoms with Gasteiger partial charge in [0.25, 0.3) is 0 Å². The quantitative estimate of drug-likeness (QED) is 0.0169. The maximum absolute atomic E-state index is 13.1. The Labute approximate surface area is 593 Å². The molecular formula is C79H132O17P2. The Kier molecular flexibility index (Phi) is 67.2. The average molecular weight is 1420 g/mol. The molecule has 0 heterocycles. The number of phosphoric ester groups is 2. The third kappa shape index (κ3) is 69.7. The van der Waals surface area contributed by atoms with E-state index in [2.05, 4.69) is 137 Å². The van der Waals surface area contributed by atoms with Crippen molar-refractivity contribution in [3.63, 3.8) is 0 Å².